The zero-order valence-corrected chi connectivity index (χ0v) is 13.2. The minimum atomic E-state index is 0.0427. The van der Waals surface area contributed by atoms with Gasteiger partial charge in [-0.15, -0.1) is 0 Å². The van der Waals surface area contributed by atoms with Crippen molar-refractivity contribution < 1.29 is 4.79 Å². The van der Waals surface area contributed by atoms with E-state index in [-0.39, 0.29) is 5.78 Å². The van der Waals surface area contributed by atoms with Gasteiger partial charge in [-0.3, -0.25) is 4.79 Å². The second-order valence-corrected chi connectivity index (χ2v) is 6.16. The Bertz CT molecular complexity index is 1010. The molecule has 0 unspecified atom stereocenters. The van der Waals surface area contributed by atoms with Crippen molar-refractivity contribution in [3.05, 3.63) is 82.5 Å². The predicted octanol–water partition coefficient (Wildman–Crippen LogP) is 5.31. The summed E-state index contributed by atoms with van der Waals surface area (Å²) in [7, 11) is 0. The molecular formula is C19H12BrNO. The van der Waals surface area contributed by atoms with Gasteiger partial charge in [0.2, 0.25) is 0 Å². The van der Waals surface area contributed by atoms with Crippen molar-refractivity contribution >= 4 is 43.4 Å². The van der Waals surface area contributed by atoms with Gasteiger partial charge in [0.15, 0.2) is 5.78 Å². The van der Waals surface area contributed by atoms with Gasteiger partial charge in [0.25, 0.3) is 0 Å². The van der Waals surface area contributed by atoms with Crippen LogP contribution >= 0.6 is 15.9 Å². The first kappa shape index (κ1) is 13.3. The molecule has 1 aromatic heterocycles. The SMILES string of the molecule is O=C(c1cccc2ccccc12)c1c[nH]c2ccc(Br)cc12. The topological polar surface area (TPSA) is 32.9 Å². The summed E-state index contributed by atoms with van der Waals surface area (Å²) in [6.07, 6.45) is 1.79. The number of nitrogens with one attached hydrogen (secondary N) is 1. The second kappa shape index (κ2) is 5.11. The van der Waals surface area contributed by atoms with Crippen LogP contribution in [0, 0.1) is 0 Å². The lowest BCUT2D eigenvalue weighted by Crippen LogP contribution is -2.01. The second-order valence-electron chi connectivity index (χ2n) is 5.25. The highest BCUT2D eigenvalue weighted by Gasteiger charge is 2.16. The molecule has 0 radical (unpaired) electrons. The Labute approximate surface area is 135 Å². The third-order valence-electron chi connectivity index (χ3n) is 3.92. The molecule has 4 aromatic rings. The van der Waals surface area contributed by atoms with Gasteiger partial charge >= 0.3 is 0 Å². The molecule has 106 valence electrons. The molecule has 0 bridgehead atoms. The Morgan fingerprint density at radius 2 is 1.68 bits per heavy atom. The van der Waals surface area contributed by atoms with E-state index < -0.39 is 0 Å². The van der Waals surface area contributed by atoms with Crippen LogP contribution in [0.5, 0.6) is 0 Å². The summed E-state index contributed by atoms with van der Waals surface area (Å²) >= 11 is 3.47. The van der Waals surface area contributed by atoms with Crippen LogP contribution in [0.4, 0.5) is 0 Å². The fourth-order valence-corrected chi connectivity index (χ4v) is 3.21. The molecule has 1 heterocycles. The lowest BCUT2D eigenvalue weighted by Gasteiger charge is -2.05. The number of fused-ring (bicyclic) bond motifs is 2. The van der Waals surface area contributed by atoms with Gasteiger partial charge in [0.1, 0.15) is 0 Å². The maximum absolute atomic E-state index is 13.0. The zero-order valence-electron chi connectivity index (χ0n) is 11.6. The fraction of sp³-hybridized carbons (Fsp3) is 0. The van der Waals surface area contributed by atoms with Crippen LogP contribution in [-0.4, -0.2) is 10.8 Å². The van der Waals surface area contributed by atoms with Crippen molar-refractivity contribution in [3.8, 4) is 0 Å². The highest BCUT2D eigenvalue weighted by Crippen LogP contribution is 2.27. The summed E-state index contributed by atoms with van der Waals surface area (Å²) in [4.78, 5) is 16.2. The molecule has 0 aliphatic rings. The lowest BCUT2D eigenvalue weighted by atomic mass is 9.97. The number of halogens is 1. The molecule has 4 rings (SSSR count). The van der Waals surface area contributed by atoms with Gasteiger partial charge < -0.3 is 4.98 Å². The fourth-order valence-electron chi connectivity index (χ4n) is 2.85. The number of rotatable bonds is 2. The van der Waals surface area contributed by atoms with Crippen LogP contribution in [0.3, 0.4) is 0 Å². The van der Waals surface area contributed by atoms with Gasteiger partial charge in [-0.05, 0) is 29.0 Å². The number of carbonyl (C=O) groups excluding carboxylic acids is 1. The smallest absolute Gasteiger partial charge is 0.195 e. The van der Waals surface area contributed by atoms with Crippen LogP contribution in [0.15, 0.2) is 71.3 Å². The quantitative estimate of drug-likeness (QED) is 0.488. The van der Waals surface area contributed by atoms with Crippen molar-refractivity contribution in [2.75, 3.05) is 0 Å². The molecule has 22 heavy (non-hydrogen) atoms. The molecule has 3 heteroatoms. The van der Waals surface area contributed by atoms with Gasteiger partial charge in [-0.1, -0.05) is 58.4 Å². The van der Waals surface area contributed by atoms with E-state index in [4.69, 9.17) is 0 Å². The van der Waals surface area contributed by atoms with E-state index in [1.807, 2.05) is 60.7 Å². The Hall–Kier alpha value is -2.39. The van der Waals surface area contributed by atoms with Crippen LogP contribution in [0.2, 0.25) is 0 Å². The zero-order chi connectivity index (χ0) is 15.1. The summed E-state index contributed by atoms with van der Waals surface area (Å²) < 4.78 is 0.964. The van der Waals surface area contributed by atoms with Crippen LogP contribution in [-0.2, 0) is 0 Å². The van der Waals surface area contributed by atoms with Crippen molar-refractivity contribution in [1.29, 1.82) is 0 Å². The molecule has 0 atom stereocenters. The monoisotopic (exact) mass is 349 g/mol. The molecule has 0 saturated heterocycles. The van der Waals surface area contributed by atoms with Crippen molar-refractivity contribution in [2.24, 2.45) is 0 Å². The lowest BCUT2D eigenvalue weighted by molar-refractivity contribution is 0.104. The van der Waals surface area contributed by atoms with E-state index in [2.05, 4.69) is 20.9 Å². The van der Waals surface area contributed by atoms with Crippen molar-refractivity contribution in [1.82, 2.24) is 4.98 Å². The minimum Gasteiger partial charge on any atom is -0.360 e. The number of H-pyrrole nitrogens is 1. The molecule has 0 amide bonds. The highest BCUT2D eigenvalue weighted by molar-refractivity contribution is 9.10. The summed E-state index contributed by atoms with van der Waals surface area (Å²) in [6.45, 7) is 0. The Balaban J connectivity index is 1.94. The summed E-state index contributed by atoms with van der Waals surface area (Å²) in [5, 5.41) is 3.00. The number of benzene rings is 3. The largest absolute Gasteiger partial charge is 0.360 e. The standard InChI is InChI=1S/C19H12BrNO/c20-13-8-9-18-16(10-13)17(11-21-18)19(22)15-7-3-5-12-4-1-2-6-14(12)15/h1-11,21H. The van der Waals surface area contributed by atoms with Crippen LogP contribution in [0.25, 0.3) is 21.7 Å². The Morgan fingerprint density at radius 1 is 0.864 bits per heavy atom. The van der Waals surface area contributed by atoms with Gasteiger partial charge in [0, 0.05) is 32.7 Å². The summed E-state index contributed by atoms with van der Waals surface area (Å²) in [6, 6.07) is 19.7. The van der Waals surface area contributed by atoms with Crippen molar-refractivity contribution in [2.45, 2.75) is 0 Å². The first-order valence-corrected chi connectivity index (χ1v) is 7.82. The average molecular weight is 350 g/mol. The molecule has 0 fully saturated rings. The summed E-state index contributed by atoms with van der Waals surface area (Å²) in [5.41, 5.74) is 2.40. The number of aromatic amines is 1. The average Bonchev–Trinajstić information content (AvgIpc) is 2.96. The van der Waals surface area contributed by atoms with Gasteiger partial charge in [-0.2, -0.15) is 0 Å². The molecular weight excluding hydrogens is 338 g/mol. The molecule has 0 aliphatic heterocycles. The molecule has 0 saturated carbocycles. The van der Waals surface area contributed by atoms with E-state index in [1.165, 1.54) is 0 Å². The molecule has 3 aromatic carbocycles. The number of hydrogen-bond donors (Lipinski definition) is 1. The first-order chi connectivity index (χ1) is 10.7. The third-order valence-corrected chi connectivity index (χ3v) is 4.42. The Kier molecular flexibility index (Phi) is 3.09. The van der Waals surface area contributed by atoms with E-state index in [1.54, 1.807) is 6.20 Å². The van der Waals surface area contributed by atoms with Crippen LogP contribution < -0.4 is 0 Å². The Morgan fingerprint density at radius 3 is 2.59 bits per heavy atom. The first-order valence-electron chi connectivity index (χ1n) is 7.03. The molecule has 0 spiro atoms. The minimum absolute atomic E-state index is 0.0427. The number of hydrogen-bond acceptors (Lipinski definition) is 1. The molecule has 0 aliphatic carbocycles. The van der Waals surface area contributed by atoms with E-state index in [9.17, 15) is 4.79 Å². The van der Waals surface area contributed by atoms with Crippen LogP contribution in [0.1, 0.15) is 15.9 Å². The van der Waals surface area contributed by atoms with E-state index in [0.717, 1.165) is 31.7 Å². The molecule has 2 nitrogen and oxygen atoms in total. The van der Waals surface area contributed by atoms with E-state index in [0.29, 0.717) is 5.56 Å². The van der Waals surface area contributed by atoms with Gasteiger partial charge in [0.05, 0.1) is 0 Å². The number of aromatic nitrogens is 1. The van der Waals surface area contributed by atoms with Gasteiger partial charge in [-0.25, -0.2) is 0 Å². The summed E-state index contributed by atoms with van der Waals surface area (Å²) in [5.74, 6) is 0.0427. The third kappa shape index (κ3) is 2.06. The predicted molar refractivity (Wildman–Crippen MR) is 93.4 cm³/mol. The molecule has 1 N–H and O–H groups in total. The maximum atomic E-state index is 13.0. The normalized spacial score (nSPS) is 11.1. The number of ketones is 1. The maximum Gasteiger partial charge on any atom is 0.195 e. The van der Waals surface area contributed by atoms with Crippen molar-refractivity contribution in [3.63, 3.8) is 0 Å². The highest BCUT2D eigenvalue weighted by atomic mass is 79.9. The number of carbonyl (C=O) groups is 1. The van der Waals surface area contributed by atoms with E-state index >= 15 is 0 Å².